The van der Waals surface area contributed by atoms with Gasteiger partial charge in [-0.25, -0.2) is 4.79 Å². The third kappa shape index (κ3) is 6.28. The Morgan fingerprint density at radius 2 is 1.88 bits per heavy atom. The molecule has 1 N–H and O–H groups in total. The standard InChI is InChI=1S/C27H37N3O3/c1-18(2)16-27(7,29-25(31)33-26(4,5)6)17-32-23-10-9-20(15-19(23)3)21-11-13-28-22-12-14-30(8)24(21)22/h9-15,18H,16-17H2,1-8H3,(H,29,31)/t27-/m0/s1. The molecule has 0 bridgehead atoms. The molecule has 0 unspecified atom stereocenters. The van der Waals surface area contributed by atoms with Crippen molar-refractivity contribution in [3.05, 3.63) is 48.3 Å². The molecule has 2 heterocycles. The van der Waals surface area contributed by atoms with Crippen molar-refractivity contribution in [1.82, 2.24) is 14.9 Å². The van der Waals surface area contributed by atoms with E-state index in [2.05, 4.69) is 40.8 Å². The molecule has 0 fully saturated rings. The number of carbonyl (C=O) groups is 1. The fraction of sp³-hybridized carbons (Fsp3) is 0.481. The minimum Gasteiger partial charge on any atom is -0.491 e. The molecule has 1 amide bonds. The number of rotatable bonds is 7. The highest BCUT2D eigenvalue weighted by molar-refractivity contribution is 5.92. The second-order valence-electron chi connectivity index (χ2n) is 10.6. The van der Waals surface area contributed by atoms with Gasteiger partial charge in [0.15, 0.2) is 0 Å². The number of amides is 1. The van der Waals surface area contributed by atoms with Crippen molar-refractivity contribution in [3.8, 4) is 16.9 Å². The number of benzene rings is 1. The number of aromatic nitrogens is 2. The van der Waals surface area contributed by atoms with E-state index in [1.807, 2.05) is 72.3 Å². The number of nitrogens with zero attached hydrogens (tertiary/aromatic N) is 2. The average molecular weight is 452 g/mol. The molecular weight excluding hydrogens is 414 g/mol. The minimum atomic E-state index is -0.554. The molecule has 0 aliphatic rings. The van der Waals surface area contributed by atoms with Crippen LogP contribution in [0.15, 0.2) is 42.7 Å². The lowest BCUT2D eigenvalue weighted by atomic mass is 9.91. The van der Waals surface area contributed by atoms with Crippen LogP contribution in [-0.4, -0.2) is 33.4 Å². The van der Waals surface area contributed by atoms with Crippen LogP contribution in [0.2, 0.25) is 0 Å². The lowest BCUT2D eigenvalue weighted by molar-refractivity contribution is 0.0408. The summed E-state index contributed by atoms with van der Waals surface area (Å²) in [4.78, 5) is 16.9. The Kier molecular flexibility index (Phi) is 7.06. The minimum absolute atomic E-state index is 0.349. The SMILES string of the molecule is Cc1cc(-c2ccnc3ccn(C)c23)ccc1OC[C@](C)(CC(C)C)NC(=O)OC(C)(C)C. The number of hydrogen-bond donors (Lipinski definition) is 1. The normalized spacial score (nSPS) is 13.7. The number of fused-ring (bicyclic) bond motifs is 1. The predicted molar refractivity (Wildman–Crippen MR) is 134 cm³/mol. The van der Waals surface area contributed by atoms with E-state index in [1.165, 1.54) is 0 Å². The molecule has 178 valence electrons. The zero-order valence-electron chi connectivity index (χ0n) is 21.2. The first-order chi connectivity index (χ1) is 15.4. The molecule has 0 saturated heterocycles. The van der Waals surface area contributed by atoms with Crippen LogP contribution < -0.4 is 10.1 Å². The van der Waals surface area contributed by atoms with Crippen LogP contribution in [0.3, 0.4) is 0 Å². The van der Waals surface area contributed by atoms with Crippen LogP contribution in [-0.2, 0) is 11.8 Å². The fourth-order valence-electron chi connectivity index (χ4n) is 4.27. The van der Waals surface area contributed by atoms with Crippen molar-refractivity contribution in [2.24, 2.45) is 13.0 Å². The highest BCUT2D eigenvalue weighted by atomic mass is 16.6. The monoisotopic (exact) mass is 451 g/mol. The Labute approximate surface area is 197 Å². The van der Waals surface area contributed by atoms with Crippen molar-refractivity contribution in [1.29, 1.82) is 0 Å². The Hall–Kier alpha value is -3.02. The highest BCUT2D eigenvalue weighted by Crippen LogP contribution is 2.31. The number of aryl methyl sites for hydroxylation is 2. The summed E-state index contributed by atoms with van der Waals surface area (Å²) in [7, 11) is 2.03. The second kappa shape index (κ2) is 9.46. The highest BCUT2D eigenvalue weighted by Gasteiger charge is 2.31. The van der Waals surface area contributed by atoms with Crippen molar-refractivity contribution in [2.45, 2.75) is 66.0 Å². The summed E-state index contributed by atoms with van der Waals surface area (Å²) in [5.74, 6) is 1.19. The molecule has 3 aromatic rings. The molecule has 6 heteroatoms. The van der Waals surface area contributed by atoms with Gasteiger partial charge in [-0.3, -0.25) is 4.98 Å². The van der Waals surface area contributed by atoms with E-state index in [4.69, 9.17) is 9.47 Å². The molecule has 2 aromatic heterocycles. The summed E-state index contributed by atoms with van der Waals surface area (Å²) in [6, 6.07) is 10.3. The number of pyridine rings is 1. The van der Waals surface area contributed by atoms with Crippen LogP contribution in [0.25, 0.3) is 22.2 Å². The molecule has 0 radical (unpaired) electrons. The maximum absolute atomic E-state index is 12.5. The number of alkyl carbamates (subject to hydrolysis) is 1. The van der Waals surface area contributed by atoms with Crippen LogP contribution >= 0.6 is 0 Å². The topological polar surface area (TPSA) is 65.4 Å². The molecule has 6 nitrogen and oxygen atoms in total. The summed E-state index contributed by atoms with van der Waals surface area (Å²) in [5.41, 5.74) is 4.27. The summed E-state index contributed by atoms with van der Waals surface area (Å²) in [5, 5.41) is 3.04. The van der Waals surface area contributed by atoms with E-state index in [-0.39, 0.29) is 0 Å². The van der Waals surface area contributed by atoms with Crippen molar-refractivity contribution >= 4 is 17.1 Å². The summed E-state index contributed by atoms with van der Waals surface area (Å²) >= 11 is 0. The van der Waals surface area contributed by atoms with Gasteiger partial charge in [0, 0.05) is 25.0 Å². The van der Waals surface area contributed by atoms with Crippen LogP contribution in [0.1, 0.15) is 53.5 Å². The van der Waals surface area contributed by atoms with E-state index in [0.29, 0.717) is 12.5 Å². The molecule has 1 aromatic carbocycles. The first-order valence-corrected chi connectivity index (χ1v) is 11.5. The Balaban J connectivity index is 1.79. The Bertz CT molecular complexity index is 1130. The van der Waals surface area contributed by atoms with Crippen LogP contribution in [0.4, 0.5) is 4.79 Å². The fourth-order valence-corrected chi connectivity index (χ4v) is 4.27. The molecule has 3 rings (SSSR count). The van der Waals surface area contributed by atoms with Gasteiger partial charge in [0.25, 0.3) is 0 Å². The van der Waals surface area contributed by atoms with Gasteiger partial charge in [0.05, 0.1) is 16.6 Å². The largest absolute Gasteiger partial charge is 0.491 e. The number of hydrogen-bond acceptors (Lipinski definition) is 4. The lowest BCUT2D eigenvalue weighted by Gasteiger charge is -2.33. The van der Waals surface area contributed by atoms with Gasteiger partial charge in [-0.05, 0) is 82.3 Å². The van der Waals surface area contributed by atoms with Gasteiger partial charge in [-0.2, -0.15) is 0 Å². The maximum atomic E-state index is 12.5. The first kappa shape index (κ1) is 24.6. The van der Waals surface area contributed by atoms with E-state index in [1.54, 1.807) is 0 Å². The Morgan fingerprint density at radius 3 is 2.52 bits per heavy atom. The summed E-state index contributed by atoms with van der Waals surface area (Å²) < 4.78 is 13.8. The molecule has 0 spiro atoms. The van der Waals surface area contributed by atoms with Crippen molar-refractivity contribution < 1.29 is 14.3 Å². The zero-order chi connectivity index (χ0) is 24.4. The van der Waals surface area contributed by atoms with Gasteiger partial charge in [-0.1, -0.05) is 19.9 Å². The maximum Gasteiger partial charge on any atom is 0.408 e. The molecule has 33 heavy (non-hydrogen) atoms. The smallest absolute Gasteiger partial charge is 0.408 e. The average Bonchev–Trinajstić information content (AvgIpc) is 3.06. The van der Waals surface area contributed by atoms with Gasteiger partial charge in [-0.15, -0.1) is 0 Å². The van der Waals surface area contributed by atoms with E-state index >= 15 is 0 Å². The molecular formula is C27H37N3O3. The van der Waals surface area contributed by atoms with E-state index in [9.17, 15) is 4.79 Å². The van der Waals surface area contributed by atoms with Crippen molar-refractivity contribution in [3.63, 3.8) is 0 Å². The zero-order valence-corrected chi connectivity index (χ0v) is 21.2. The van der Waals surface area contributed by atoms with Gasteiger partial charge in [0.2, 0.25) is 0 Å². The number of ether oxygens (including phenoxy) is 2. The number of carbonyl (C=O) groups excluding carboxylic acids is 1. The van der Waals surface area contributed by atoms with Crippen molar-refractivity contribution in [2.75, 3.05) is 6.61 Å². The van der Waals surface area contributed by atoms with E-state index < -0.39 is 17.2 Å². The summed E-state index contributed by atoms with van der Waals surface area (Å²) in [6.45, 7) is 14.2. The number of nitrogens with one attached hydrogen (secondary N) is 1. The molecule has 0 aliphatic carbocycles. The third-order valence-electron chi connectivity index (χ3n) is 5.45. The van der Waals surface area contributed by atoms with Crippen LogP contribution in [0, 0.1) is 12.8 Å². The van der Waals surface area contributed by atoms with Crippen LogP contribution in [0.5, 0.6) is 5.75 Å². The quantitative estimate of drug-likeness (QED) is 0.461. The third-order valence-corrected chi connectivity index (χ3v) is 5.45. The second-order valence-corrected chi connectivity index (χ2v) is 10.6. The Morgan fingerprint density at radius 1 is 1.15 bits per heavy atom. The van der Waals surface area contributed by atoms with E-state index in [0.717, 1.165) is 39.9 Å². The predicted octanol–water partition coefficient (Wildman–Crippen LogP) is 6.26. The lowest BCUT2D eigenvalue weighted by Crippen LogP contribution is -2.52. The summed E-state index contributed by atoms with van der Waals surface area (Å²) in [6.07, 6.45) is 4.22. The van der Waals surface area contributed by atoms with Gasteiger partial charge < -0.3 is 19.4 Å². The molecule has 0 saturated carbocycles. The first-order valence-electron chi connectivity index (χ1n) is 11.5. The molecule has 1 atom stereocenters. The van der Waals surface area contributed by atoms with Gasteiger partial charge >= 0.3 is 6.09 Å². The molecule has 0 aliphatic heterocycles. The van der Waals surface area contributed by atoms with Gasteiger partial charge in [0.1, 0.15) is 18.0 Å².